The number of thiazole rings is 1. The number of hydrogen-bond acceptors (Lipinski definition) is 6. The van der Waals surface area contributed by atoms with E-state index in [0.717, 1.165) is 35.6 Å². The lowest BCUT2D eigenvalue weighted by atomic mass is 9.78. The van der Waals surface area contributed by atoms with Crippen LogP contribution >= 0.6 is 11.3 Å². The zero-order valence-corrected chi connectivity index (χ0v) is 15.8. The van der Waals surface area contributed by atoms with Gasteiger partial charge in [-0.1, -0.05) is 25.2 Å². The van der Waals surface area contributed by atoms with Crippen LogP contribution in [0, 0.1) is 11.2 Å². The molecule has 1 heterocycles. The Kier molecular flexibility index (Phi) is 4.70. The number of nitrogens with one attached hydrogen (secondary N) is 1. The summed E-state index contributed by atoms with van der Waals surface area (Å²) >= 11 is 1.06. The third-order valence-corrected chi connectivity index (χ3v) is 6.66. The van der Waals surface area contributed by atoms with Crippen LogP contribution in [0.15, 0.2) is 29.2 Å². The third-order valence-electron chi connectivity index (χ3n) is 3.98. The number of rotatable bonds is 4. The van der Waals surface area contributed by atoms with E-state index in [1.54, 1.807) is 0 Å². The lowest BCUT2D eigenvalue weighted by Gasteiger charge is -2.26. The van der Waals surface area contributed by atoms with Gasteiger partial charge >= 0.3 is 0 Å². The normalized spacial score (nSPS) is 16.2. The predicted molar refractivity (Wildman–Crippen MR) is 95.6 cm³/mol. The van der Waals surface area contributed by atoms with E-state index >= 15 is 0 Å². The fourth-order valence-electron chi connectivity index (χ4n) is 2.83. The Hall–Kier alpha value is -2.13. The van der Waals surface area contributed by atoms with Gasteiger partial charge in [0, 0.05) is 6.42 Å². The smallest absolute Gasteiger partial charge is 0.241 e. The van der Waals surface area contributed by atoms with Crippen molar-refractivity contribution in [2.24, 2.45) is 5.41 Å². The molecule has 2 aromatic rings. The van der Waals surface area contributed by atoms with Crippen molar-refractivity contribution >= 4 is 38.0 Å². The van der Waals surface area contributed by atoms with Gasteiger partial charge < -0.3 is 5.32 Å². The van der Waals surface area contributed by atoms with Crippen molar-refractivity contribution in [3.63, 3.8) is 0 Å². The highest BCUT2D eigenvalue weighted by Gasteiger charge is 2.34. The highest BCUT2D eigenvalue weighted by atomic mass is 32.2. The molecule has 0 aliphatic heterocycles. The van der Waals surface area contributed by atoms with Gasteiger partial charge in [-0.3, -0.25) is 9.59 Å². The van der Waals surface area contributed by atoms with Gasteiger partial charge in [-0.05, 0) is 36.1 Å². The van der Waals surface area contributed by atoms with E-state index in [9.17, 15) is 22.4 Å². The van der Waals surface area contributed by atoms with Crippen LogP contribution in [0.1, 0.15) is 35.6 Å². The molecule has 1 aromatic heterocycles. The molecule has 0 fully saturated rings. The summed E-state index contributed by atoms with van der Waals surface area (Å²) in [5.41, 5.74) is 0.443. The first-order valence-electron chi connectivity index (χ1n) is 7.87. The van der Waals surface area contributed by atoms with Gasteiger partial charge in [-0.2, -0.15) is 0 Å². The van der Waals surface area contributed by atoms with E-state index in [2.05, 4.69) is 10.3 Å². The molecule has 1 aliphatic carbocycles. The molecular formula is C17H17FN2O4S2. The molecule has 3 rings (SSSR count). The maximum Gasteiger partial charge on any atom is 0.241 e. The Morgan fingerprint density at radius 2 is 1.92 bits per heavy atom. The third kappa shape index (κ3) is 3.99. The Labute approximate surface area is 154 Å². The van der Waals surface area contributed by atoms with Crippen LogP contribution in [-0.2, 0) is 21.1 Å². The van der Waals surface area contributed by atoms with Crippen molar-refractivity contribution in [1.82, 2.24) is 4.98 Å². The average molecular weight is 396 g/mol. The molecule has 138 valence electrons. The molecule has 1 N–H and O–H groups in total. The molecular weight excluding hydrogens is 379 g/mol. The topological polar surface area (TPSA) is 93.2 Å². The number of carbonyl (C=O) groups is 2. The second-order valence-electron chi connectivity index (χ2n) is 7.00. The van der Waals surface area contributed by atoms with Gasteiger partial charge in [-0.25, -0.2) is 17.8 Å². The van der Waals surface area contributed by atoms with Crippen molar-refractivity contribution in [3.05, 3.63) is 40.7 Å². The molecule has 1 amide bonds. The predicted octanol–water partition coefficient (Wildman–Crippen LogP) is 2.85. The van der Waals surface area contributed by atoms with Crippen LogP contribution in [-0.4, -0.2) is 30.8 Å². The Bertz CT molecular complexity index is 979. The number of halogens is 1. The zero-order chi connectivity index (χ0) is 19.1. The summed E-state index contributed by atoms with van der Waals surface area (Å²) in [6.07, 6.45) is 1.03. The molecule has 0 saturated carbocycles. The number of amides is 1. The van der Waals surface area contributed by atoms with Crippen LogP contribution in [0.25, 0.3) is 0 Å². The van der Waals surface area contributed by atoms with Crippen molar-refractivity contribution in [2.45, 2.75) is 31.6 Å². The van der Waals surface area contributed by atoms with E-state index in [0.29, 0.717) is 23.4 Å². The molecule has 0 radical (unpaired) electrons. The quantitative estimate of drug-likeness (QED) is 0.802. The number of carbonyl (C=O) groups excluding carboxylic acids is 2. The summed E-state index contributed by atoms with van der Waals surface area (Å²) in [5, 5.41) is 2.66. The van der Waals surface area contributed by atoms with E-state index in [4.69, 9.17) is 0 Å². The monoisotopic (exact) mass is 396 g/mol. The van der Waals surface area contributed by atoms with E-state index in [-0.39, 0.29) is 21.2 Å². The Morgan fingerprint density at radius 3 is 2.58 bits per heavy atom. The lowest BCUT2D eigenvalue weighted by Crippen LogP contribution is -2.26. The number of anilines is 1. The number of aromatic nitrogens is 1. The SMILES string of the molecule is CC1(C)CC(=O)c2sc(NC(=O)CS(=O)(=O)c3ccc(F)cc3)nc2C1. The van der Waals surface area contributed by atoms with Crippen molar-refractivity contribution in [1.29, 1.82) is 0 Å². The first-order valence-corrected chi connectivity index (χ1v) is 10.3. The van der Waals surface area contributed by atoms with Gasteiger partial charge in [0.2, 0.25) is 5.91 Å². The van der Waals surface area contributed by atoms with E-state index in [1.807, 2.05) is 13.8 Å². The average Bonchev–Trinajstić information content (AvgIpc) is 2.88. The van der Waals surface area contributed by atoms with Crippen molar-refractivity contribution in [3.8, 4) is 0 Å². The summed E-state index contributed by atoms with van der Waals surface area (Å²) in [5.74, 6) is -2.13. The molecule has 0 spiro atoms. The van der Waals surface area contributed by atoms with Gasteiger partial charge in [0.15, 0.2) is 20.8 Å². The molecule has 1 aromatic carbocycles. The summed E-state index contributed by atoms with van der Waals surface area (Å²) in [6.45, 7) is 3.95. The molecule has 0 atom stereocenters. The maximum absolute atomic E-state index is 12.9. The number of fused-ring (bicyclic) bond motifs is 1. The largest absolute Gasteiger partial charge is 0.301 e. The highest BCUT2D eigenvalue weighted by molar-refractivity contribution is 7.92. The standard InChI is InChI=1S/C17H17FN2O4S2/c1-17(2)7-12-15(13(21)8-17)25-16(19-12)20-14(22)9-26(23,24)11-5-3-10(18)4-6-11/h3-6H,7-9H2,1-2H3,(H,19,20,22). The van der Waals surface area contributed by atoms with Gasteiger partial charge in [0.25, 0.3) is 0 Å². The second kappa shape index (κ2) is 6.55. The summed E-state index contributed by atoms with van der Waals surface area (Å²) in [7, 11) is -3.90. The van der Waals surface area contributed by atoms with Crippen LogP contribution in [0.5, 0.6) is 0 Å². The van der Waals surface area contributed by atoms with Crippen LogP contribution in [0.2, 0.25) is 0 Å². The number of Topliss-reactive ketones (excluding diaryl/α,β-unsaturated/α-hetero) is 1. The van der Waals surface area contributed by atoms with Gasteiger partial charge in [-0.15, -0.1) is 0 Å². The molecule has 9 heteroatoms. The molecule has 6 nitrogen and oxygen atoms in total. The fourth-order valence-corrected chi connectivity index (χ4v) is 4.90. The van der Waals surface area contributed by atoms with Crippen molar-refractivity contribution < 1.29 is 22.4 Å². The summed E-state index contributed by atoms with van der Waals surface area (Å²) < 4.78 is 37.4. The number of ketones is 1. The zero-order valence-electron chi connectivity index (χ0n) is 14.2. The number of sulfone groups is 1. The van der Waals surface area contributed by atoms with Gasteiger partial charge in [0.05, 0.1) is 15.5 Å². The van der Waals surface area contributed by atoms with Crippen LogP contribution in [0.4, 0.5) is 9.52 Å². The van der Waals surface area contributed by atoms with Crippen molar-refractivity contribution in [2.75, 3.05) is 11.1 Å². The molecule has 0 unspecified atom stereocenters. The van der Waals surface area contributed by atoms with Crippen LogP contribution in [0.3, 0.4) is 0 Å². The summed E-state index contributed by atoms with van der Waals surface area (Å²) in [4.78, 5) is 28.9. The number of hydrogen-bond donors (Lipinski definition) is 1. The molecule has 1 aliphatic rings. The lowest BCUT2D eigenvalue weighted by molar-refractivity contribution is -0.113. The van der Waals surface area contributed by atoms with Crippen LogP contribution < -0.4 is 5.32 Å². The highest BCUT2D eigenvalue weighted by Crippen LogP contribution is 2.38. The maximum atomic E-state index is 12.9. The first-order chi connectivity index (χ1) is 12.1. The van der Waals surface area contributed by atoms with E-state index < -0.39 is 27.3 Å². The minimum atomic E-state index is -3.90. The molecule has 0 bridgehead atoms. The molecule has 26 heavy (non-hydrogen) atoms. The van der Waals surface area contributed by atoms with E-state index in [1.165, 1.54) is 0 Å². The van der Waals surface area contributed by atoms with Gasteiger partial charge in [0.1, 0.15) is 11.6 Å². The number of nitrogens with zero attached hydrogens (tertiary/aromatic N) is 1. The fraction of sp³-hybridized carbons (Fsp3) is 0.353. The first kappa shape index (κ1) is 18.7. The molecule has 0 saturated heterocycles. The Morgan fingerprint density at radius 1 is 1.27 bits per heavy atom. The minimum absolute atomic E-state index is 0.0202. The number of benzene rings is 1. The second-order valence-corrected chi connectivity index (χ2v) is 9.99. The minimum Gasteiger partial charge on any atom is -0.301 e. The Balaban J connectivity index is 1.73. The summed E-state index contributed by atoms with van der Waals surface area (Å²) in [6, 6.07) is 4.27.